The fourth-order valence-electron chi connectivity index (χ4n) is 4.84. The minimum absolute atomic E-state index is 0.00139. The van der Waals surface area contributed by atoms with Gasteiger partial charge in [-0.2, -0.15) is 0 Å². The van der Waals surface area contributed by atoms with Crippen LogP contribution in [0.4, 0.5) is 0 Å². The first-order valence-corrected chi connectivity index (χ1v) is 9.06. The molecule has 1 aromatic heterocycles. The Morgan fingerprint density at radius 1 is 1.30 bits per heavy atom. The van der Waals surface area contributed by atoms with Gasteiger partial charge >= 0.3 is 0 Å². The molecule has 2 fully saturated rings. The van der Waals surface area contributed by atoms with Crippen LogP contribution in [0.5, 0.6) is 0 Å². The van der Waals surface area contributed by atoms with E-state index in [0.717, 1.165) is 63.9 Å². The summed E-state index contributed by atoms with van der Waals surface area (Å²) in [7, 11) is 0. The Labute approximate surface area is 136 Å². The lowest BCUT2D eigenvalue weighted by Crippen LogP contribution is -2.44. The van der Waals surface area contributed by atoms with E-state index < -0.39 is 5.60 Å². The third-order valence-corrected chi connectivity index (χ3v) is 6.27. The van der Waals surface area contributed by atoms with Crippen molar-refractivity contribution in [2.24, 2.45) is 11.8 Å². The molecule has 6 nitrogen and oxygen atoms in total. The molecule has 2 aliphatic heterocycles. The van der Waals surface area contributed by atoms with E-state index in [1.165, 1.54) is 0 Å². The van der Waals surface area contributed by atoms with E-state index >= 15 is 0 Å². The molecule has 23 heavy (non-hydrogen) atoms. The Morgan fingerprint density at radius 2 is 2.17 bits per heavy atom. The molecule has 3 heterocycles. The lowest BCUT2D eigenvalue weighted by atomic mass is 9.69. The Hall–Kier alpha value is -1.43. The molecule has 1 N–H and O–H groups in total. The van der Waals surface area contributed by atoms with Gasteiger partial charge in [-0.1, -0.05) is 13.3 Å². The van der Waals surface area contributed by atoms with Crippen LogP contribution in [0, 0.1) is 11.8 Å². The molecule has 1 aromatic rings. The maximum absolute atomic E-state index is 12.9. The zero-order valence-corrected chi connectivity index (χ0v) is 13.9. The average molecular weight is 318 g/mol. The second-order valence-electron chi connectivity index (χ2n) is 7.47. The largest absolute Gasteiger partial charge is 0.390 e. The zero-order valence-electron chi connectivity index (χ0n) is 13.9. The summed E-state index contributed by atoms with van der Waals surface area (Å²) in [6.45, 7) is 4.33. The number of likely N-dealkylation sites (tertiary alicyclic amines) is 1. The number of carbonyl (C=O) groups is 1. The van der Waals surface area contributed by atoms with Gasteiger partial charge in [0.1, 0.15) is 5.82 Å². The first-order chi connectivity index (χ1) is 11.1. The maximum atomic E-state index is 12.9. The molecule has 3 aliphatic rings. The predicted octanol–water partition coefficient (Wildman–Crippen LogP) is 1.63. The average Bonchev–Trinajstić information content (AvgIpc) is 3.19. The van der Waals surface area contributed by atoms with Crippen LogP contribution in [-0.4, -0.2) is 49.4 Å². The Kier molecular flexibility index (Phi) is 3.67. The molecule has 6 heteroatoms. The summed E-state index contributed by atoms with van der Waals surface area (Å²) in [5.74, 6) is 2.09. The van der Waals surface area contributed by atoms with E-state index in [0.29, 0.717) is 18.3 Å². The summed E-state index contributed by atoms with van der Waals surface area (Å²) >= 11 is 0. The first kappa shape index (κ1) is 15.1. The second-order valence-corrected chi connectivity index (χ2v) is 7.47. The minimum atomic E-state index is -0.595. The molecule has 1 aliphatic carbocycles. The van der Waals surface area contributed by atoms with Crippen LogP contribution >= 0.6 is 0 Å². The highest BCUT2D eigenvalue weighted by Gasteiger charge is 2.49. The van der Waals surface area contributed by atoms with E-state index in [2.05, 4.69) is 17.1 Å². The van der Waals surface area contributed by atoms with Gasteiger partial charge in [0.15, 0.2) is 0 Å². The molecule has 0 radical (unpaired) electrons. The molecule has 0 bridgehead atoms. The molecule has 0 aromatic carbocycles. The van der Waals surface area contributed by atoms with E-state index in [1.807, 2.05) is 9.47 Å². The number of amides is 1. The van der Waals surface area contributed by atoms with Crippen LogP contribution < -0.4 is 0 Å². The Balaban J connectivity index is 1.55. The van der Waals surface area contributed by atoms with Crippen molar-refractivity contribution in [2.75, 3.05) is 13.1 Å². The standard InChI is InChI=1S/C17H26N4O2/c1-2-17(23)8-5-6-12-10-20(11-13(12)17)16(22)15-19-18-14-7-3-4-9-21(14)15/h12-13,23H,2-11H2,1H3/t12-,13+,17-/m0/s1. The fraction of sp³-hybridized carbons (Fsp3) is 0.824. The number of carbonyl (C=O) groups excluding carboxylic acids is 1. The van der Waals surface area contributed by atoms with E-state index in [9.17, 15) is 9.90 Å². The summed E-state index contributed by atoms with van der Waals surface area (Å²) in [5, 5.41) is 19.3. The fourth-order valence-corrected chi connectivity index (χ4v) is 4.84. The summed E-state index contributed by atoms with van der Waals surface area (Å²) in [4.78, 5) is 14.9. The molecule has 126 valence electrons. The number of hydrogen-bond donors (Lipinski definition) is 1. The maximum Gasteiger partial charge on any atom is 0.291 e. The topological polar surface area (TPSA) is 71.2 Å². The lowest BCUT2D eigenvalue weighted by Gasteiger charge is -2.40. The molecule has 1 amide bonds. The van der Waals surface area contributed by atoms with Gasteiger partial charge < -0.3 is 14.6 Å². The van der Waals surface area contributed by atoms with Gasteiger partial charge in [-0.15, -0.1) is 10.2 Å². The molecule has 3 atom stereocenters. The Bertz CT molecular complexity index is 614. The highest BCUT2D eigenvalue weighted by Crippen LogP contribution is 2.44. The number of fused-ring (bicyclic) bond motifs is 2. The molecule has 4 rings (SSSR count). The SMILES string of the molecule is CC[C@]1(O)CCC[C@H]2CN(C(=O)c3nnc4n3CCCC4)C[C@H]21. The molecular formula is C17H26N4O2. The zero-order chi connectivity index (χ0) is 16.0. The smallest absolute Gasteiger partial charge is 0.291 e. The van der Waals surface area contributed by atoms with Crippen molar-refractivity contribution in [3.63, 3.8) is 0 Å². The normalized spacial score (nSPS) is 33.4. The van der Waals surface area contributed by atoms with Gasteiger partial charge in [-0.05, 0) is 38.0 Å². The van der Waals surface area contributed by atoms with Crippen molar-refractivity contribution < 1.29 is 9.90 Å². The highest BCUT2D eigenvalue weighted by atomic mass is 16.3. The minimum Gasteiger partial charge on any atom is -0.390 e. The molecule has 0 unspecified atom stereocenters. The van der Waals surface area contributed by atoms with Gasteiger partial charge in [-0.25, -0.2) is 0 Å². The van der Waals surface area contributed by atoms with E-state index in [-0.39, 0.29) is 11.8 Å². The van der Waals surface area contributed by atoms with Gasteiger partial charge in [0.05, 0.1) is 5.60 Å². The monoisotopic (exact) mass is 318 g/mol. The van der Waals surface area contributed by atoms with Crippen molar-refractivity contribution in [1.82, 2.24) is 19.7 Å². The second kappa shape index (κ2) is 5.58. The third-order valence-electron chi connectivity index (χ3n) is 6.27. The lowest BCUT2D eigenvalue weighted by molar-refractivity contribution is -0.0609. The van der Waals surface area contributed by atoms with Crippen molar-refractivity contribution in [3.8, 4) is 0 Å². The number of hydrogen-bond acceptors (Lipinski definition) is 4. The van der Waals surface area contributed by atoms with Crippen LogP contribution in [0.3, 0.4) is 0 Å². The van der Waals surface area contributed by atoms with Crippen LogP contribution in [0.25, 0.3) is 0 Å². The Morgan fingerprint density at radius 3 is 3.00 bits per heavy atom. The summed E-state index contributed by atoms with van der Waals surface area (Å²) in [5.41, 5.74) is -0.595. The van der Waals surface area contributed by atoms with E-state index in [4.69, 9.17) is 0 Å². The van der Waals surface area contributed by atoms with Crippen molar-refractivity contribution in [3.05, 3.63) is 11.6 Å². The number of aromatic nitrogens is 3. The van der Waals surface area contributed by atoms with Gasteiger partial charge in [-0.3, -0.25) is 4.79 Å². The third kappa shape index (κ3) is 2.38. The van der Waals surface area contributed by atoms with Gasteiger partial charge in [0, 0.05) is 32.0 Å². The quantitative estimate of drug-likeness (QED) is 0.899. The van der Waals surface area contributed by atoms with Crippen molar-refractivity contribution >= 4 is 5.91 Å². The summed E-state index contributed by atoms with van der Waals surface area (Å²) in [6.07, 6.45) is 6.96. The van der Waals surface area contributed by atoms with Crippen molar-refractivity contribution in [1.29, 1.82) is 0 Å². The highest BCUT2D eigenvalue weighted by molar-refractivity contribution is 5.91. The molecule has 0 spiro atoms. The van der Waals surface area contributed by atoms with Crippen LogP contribution in [-0.2, 0) is 13.0 Å². The van der Waals surface area contributed by atoms with Crippen molar-refractivity contribution in [2.45, 2.75) is 64.0 Å². The van der Waals surface area contributed by atoms with Gasteiger partial charge in [0.25, 0.3) is 5.91 Å². The summed E-state index contributed by atoms with van der Waals surface area (Å²) < 4.78 is 2.00. The number of nitrogens with zero attached hydrogens (tertiary/aromatic N) is 4. The van der Waals surface area contributed by atoms with Gasteiger partial charge in [0.2, 0.25) is 5.82 Å². The van der Waals surface area contributed by atoms with Crippen LogP contribution in [0.2, 0.25) is 0 Å². The molecule has 1 saturated carbocycles. The summed E-state index contributed by atoms with van der Waals surface area (Å²) in [6, 6.07) is 0. The molecular weight excluding hydrogens is 292 g/mol. The van der Waals surface area contributed by atoms with Crippen LogP contribution in [0.15, 0.2) is 0 Å². The number of aliphatic hydroxyl groups is 1. The first-order valence-electron chi connectivity index (χ1n) is 9.06. The van der Waals surface area contributed by atoms with Crippen LogP contribution in [0.1, 0.15) is 61.9 Å². The molecule has 1 saturated heterocycles. The number of rotatable bonds is 2. The predicted molar refractivity (Wildman–Crippen MR) is 84.9 cm³/mol. The van der Waals surface area contributed by atoms with E-state index in [1.54, 1.807) is 0 Å². The number of aryl methyl sites for hydroxylation is 1.